The Kier molecular flexibility index (Phi) is 3.79. The largest absolute Gasteiger partial charge is 0.381 e. The van der Waals surface area contributed by atoms with Crippen LogP contribution >= 0.6 is 15.9 Å². The van der Waals surface area contributed by atoms with Crippen LogP contribution in [0.15, 0.2) is 53.0 Å². The van der Waals surface area contributed by atoms with Crippen LogP contribution in [0, 0.1) is 11.3 Å². The Morgan fingerprint density at radius 3 is 2.59 bits per heavy atom. The molecule has 2 aromatic rings. The Balaban J connectivity index is 2.10. The fourth-order valence-corrected chi connectivity index (χ4v) is 2.05. The first kappa shape index (κ1) is 11.7. The third kappa shape index (κ3) is 3.33. The van der Waals surface area contributed by atoms with Gasteiger partial charge in [-0.05, 0) is 23.8 Å². The zero-order chi connectivity index (χ0) is 12.1. The highest BCUT2D eigenvalue weighted by atomic mass is 79.9. The highest BCUT2D eigenvalue weighted by Gasteiger charge is 1.98. The number of rotatable bonds is 3. The third-order valence-corrected chi connectivity index (χ3v) is 2.82. The number of hydrogen-bond donors (Lipinski definition) is 1. The molecular weight excluding hydrogens is 276 g/mol. The van der Waals surface area contributed by atoms with Crippen molar-refractivity contribution in [1.29, 1.82) is 5.26 Å². The van der Waals surface area contributed by atoms with E-state index in [2.05, 4.69) is 39.4 Å². The first-order valence-electron chi connectivity index (χ1n) is 5.26. The van der Waals surface area contributed by atoms with Crippen molar-refractivity contribution in [2.75, 3.05) is 5.32 Å². The van der Waals surface area contributed by atoms with E-state index in [0.29, 0.717) is 5.56 Å². The summed E-state index contributed by atoms with van der Waals surface area (Å²) in [6, 6.07) is 17.9. The summed E-state index contributed by atoms with van der Waals surface area (Å²) < 4.78 is 0.909. The van der Waals surface area contributed by atoms with E-state index in [1.807, 2.05) is 30.3 Å². The van der Waals surface area contributed by atoms with E-state index in [9.17, 15) is 0 Å². The van der Waals surface area contributed by atoms with Crippen LogP contribution in [0.3, 0.4) is 0 Å². The highest BCUT2D eigenvalue weighted by Crippen LogP contribution is 2.19. The van der Waals surface area contributed by atoms with Gasteiger partial charge in [-0.15, -0.1) is 0 Å². The van der Waals surface area contributed by atoms with Crippen LogP contribution in [0.2, 0.25) is 0 Å². The third-order valence-electron chi connectivity index (χ3n) is 2.37. The van der Waals surface area contributed by atoms with Gasteiger partial charge < -0.3 is 5.32 Å². The number of nitriles is 1. The smallest absolute Gasteiger partial charge is 0.0992 e. The predicted octanol–water partition coefficient (Wildman–Crippen LogP) is 3.93. The minimum absolute atomic E-state index is 0.648. The molecule has 3 heteroatoms. The maximum absolute atomic E-state index is 8.87. The summed E-state index contributed by atoms with van der Waals surface area (Å²) in [6.07, 6.45) is 0. The van der Waals surface area contributed by atoms with Crippen molar-refractivity contribution in [3.8, 4) is 6.07 Å². The molecule has 0 fully saturated rings. The first-order valence-corrected chi connectivity index (χ1v) is 6.06. The van der Waals surface area contributed by atoms with Crippen molar-refractivity contribution in [3.05, 3.63) is 64.1 Å². The standard InChI is InChI=1S/C14H11BrN2/c15-13-6-12(9-16)7-14(8-13)17-10-11-4-2-1-3-5-11/h1-8,17H,10H2. The van der Waals surface area contributed by atoms with E-state index in [0.717, 1.165) is 16.7 Å². The van der Waals surface area contributed by atoms with Gasteiger partial charge in [0, 0.05) is 16.7 Å². The molecule has 0 spiro atoms. The maximum Gasteiger partial charge on any atom is 0.0992 e. The average molecular weight is 287 g/mol. The fourth-order valence-electron chi connectivity index (χ4n) is 1.56. The Morgan fingerprint density at radius 1 is 1.12 bits per heavy atom. The molecule has 0 radical (unpaired) electrons. The van der Waals surface area contributed by atoms with Gasteiger partial charge in [0.05, 0.1) is 11.6 Å². The van der Waals surface area contributed by atoms with E-state index in [-0.39, 0.29) is 0 Å². The zero-order valence-corrected chi connectivity index (χ0v) is 10.7. The van der Waals surface area contributed by atoms with Crippen molar-refractivity contribution >= 4 is 21.6 Å². The molecule has 0 saturated carbocycles. The van der Waals surface area contributed by atoms with E-state index in [4.69, 9.17) is 5.26 Å². The van der Waals surface area contributed by atoms with Gasteiger partial charge in [0.2, 0.25) is 0 Å². The van der Waals surface area contributed by atoms with Gasteiger partial charge in [0.15, 0.2) is 0 Å². The lowest BCUT2D eigenvalue weighted by Gasteiger charge is -2.07. The van der Waals surface area contributed by atoms with E-state index in [1.54, 1.807) is 6.07 Å². The van der Waals surface area contributed by atoms with Gasteiger partial charge in [-0.25, -0.2) is 0 Å². The molecule has 2 rings (SSSR count). The summed E-state index contributed by atoms with van der Waals surface area (Å²) in [6.45, 7) is 0.752. The van der Waals surface area contributed by atoms with E-state index >= 15 is 0 Å². The van der Waals surface area contributed by atoms with E-state index < -0.39 is 0 Å². The molecule has 0 amide bonds. The normalized spacial score (nSPS) is 9.65. The summed E-state index contributed by atoms with van der Waals surface area (Å²) in [4.78, 5) is 0. The van der Waals surface area contributed by atoms with Crippen molar-refractivity contribution in [1.82, 2.24) is 0 Å². The van der Waals surface area contributed by atoms with Gasteiger partial charge in [-0.2, -0.15) is 5.26 Å². The highest BCUT2D eigenvalue weighted by molar-refractivity contribution is 9.10. The van der Waals surface area contributed by atoms with Crippen molar-refractivity contribution in [3.63, 3.8) is 0 Å². The van der Waals surface area contributed by atoms with Crippen LogP contribution < -0.4 is 5.32 Å². The molecule has 84 valence electrons. The summed E-state index contributed by atoms with van der Waals surface area (Å²) in [5.74, 6) is 0. The summed E-state index contributed by atoms with van der Waals surface area (Å²) in [7, 11) is 0. The molecule has 0 saturated heterocycles. The van der Waals surface area contributed by atoms with Gasteiger partial charge in [0.25, 0.3) is 0 Å². The van der Waals surface area contributed by atoms with Gasteiger partial charge >= 0.3 is 0 Å². The molecule has 0 bridgehead atoms. The molecule has 0 unspecified atom stereocenters. The number of nitrogens with zero attached hydrogens (tertiary/aromatic N) is 1. The summed E-state index contributed by atoms with van der Waals surface area (Å²) >= 11 is 3.39. The number of hydrogen-bond acceptors (Lipinski definition) is 2. The van der Waals surface area contributed by atoms with Crippen LogP contribution in [-0.4, -0.2) is 0 Å². The molecule has 2 nitrogen and oxygen atoms in total. The molecule has 0 heterocycles. The number of nitrogens with one attached hydrogen (secondary N) is 1. The van der Waals surface area contributed by atoms with Crippen molar-refractivity contribution in [2.45, 2.75) is 6.54 Å². The Labute approximate surface area is 109 Å². The summed E-state index contributed by atoms with van der Waals surface area (Å²) in [5, 5.41) is 12.2. The molecule has 0 aliphatic carbocycles. The predicted molar refractivity (Wildman–Crippen MR) is 72.6 cm³/mol. The van der Waals surface area contributed by atoms with Gasteiger partial charge in [-0.1, -0.05) is 46.3 Å². The zero-order valence-electron chi connectivity index (χ0n) is 9.15. The van der Waals surface area contributed by atoms with Crippen molar-refractivity contribution in [2.24, 2.45) is 0 Å². The van der Waals surface area contributed by atoms with Crippen LogP contribution in [0.5, 0.6) is 0 Å². The van der Waals surface area contributed by atoms with Gasteiger partial charge in [0.1, 0.15) is 0 Å². The number of anilines is 1. The first-order chi connectivity index (χ1) is 8.28. The Bertz CT molecular complexity index is 544. The minimum Gasteiger partial charge on any atom is -0.381 e. The van der Waals surface area contributed by atoms with E-state index in [1.165, 1.54) is 5.56 Å². The van der Waals surface area contributed by atoms with Crippen molar-refractivity contribution < 1.29 is 0 Å². The topological polar surface area (TPSA) is 35.8 Å². The lowest BCUT2D eigenvalue weighted by molar-refractivity contribution is 1.15. The second-order valence-electron chi connectivity index (χ2n) is 3.68. The quantitative estimate of drug-likeness (QED) is 0.928. The molecule has 17 heavy (non-hydrogen) atoms. The molecule has 0 atom stereocenters. The molecular formula is C14H11BrN2. The Morgan fingerprint density at radius 2 is 1.88 bits per heavy atom. The number of benzene rings is 2. The van der Waals surface area contributed by atoms with Gasteiger partial charge in [-0.3, -0.25) is 0 Å². The molecule has 0 aliphatic heterocycles. The lowest BCUT2D eigenvalue weighted by Crippen LogP contribution is -1.99. The SMILES string of the molecule is N#Cc1cc(Br)cc(NCc2ccccc2)c1. The van der Waals surface area contributed by atoms with Crippen LogP contribution in [-0.2, 0) is 6.54 Å². The average Bonchev–Trinajstić information content (AvgIpc) is 2.37. The van der Waals surface area contributed by atoms with Crippen LogP contribution in [0.4, 0.5) is 5.69 Å². The molecule has 0 aromatic heterocycles. The second kappa shape index (κ2) is 5.51. The monoisotopic (exact) mass is 286 g/mol. The lowest BCUT2D eigenvalue weighted by atomic mass is 10.2. The Hall–Kier alpha value is -1.79. The fraction of sp³-hybridized carbons (Fsp3) is 0.0714. The second-order valence-corrected chi connectivity index (χ2v) is 4.60. The minimum atomic E-state index is 0.648. The molecule has 1 N–H and O–H groups in total. The number of halogens is 1. The summed E-state index contributed by atoms with van der Waals surface area (Å²) in [5.41, 5.74) is 2.81. The molecule has 2 aromatic carbocycles. The van der Waals surface area contributed by atoms with Crippen LogP contribution in [0.1, 0.15) is 11.1 Å². The molecule has 0 aliphatic rings. The van der Waals surface area contributed by atoms with Crippen LogP contribution in [0.25, 0.3) is 0 Å². The maximum atomic E-state index is 8.87.